The van der Waals surface area contributed by atoms with Crippen molar-refractivity contribution < 1.29 is 19.7 Å². The molecule has 0 amide bonds. The Bertz CT molecular complexity index is 1960. The van der Waals surface area contributed by atoms with Gasteiger partial charge in [-0.1, -0.05) is 30.4 Å². The van der Waals surface area contributed by atoms with E-state index >= 15 is 0 Å². The predicted molar refractivity (Wildman–Crippen MR) is 167 cm³/mol. The van der Waals surface area contributed by atoms with Gasteiger partial charge < -0.3 is 25.0 Å². The summed E-state index contributed by atoms with van der Waals surface area (Å²) in [7, 11) is 0. The van der Waals surface area contributed by atoms with Crippen molar-refractivity contribution in [1.29, 1.82) is 0 Å². The first-order valence-corrected chi connectivity index (χ1v) is 14.3. The fourth-order valence-corrected chi connectivity index (χ4v) is 5.56. The number of nitrogens with zero attached hydrogens (tertiary/aromatic N) is 3. The van der Waals surface area contributed by atoms with Crippen molar-refractivity contribution in [3.63, 3.8) is 0 Å². The molecule has 3 heterocycles. The molecular weight excluding hydrogens is 544 g/mol. The van der Waals surface area contributed by atoms with Gasteiger partial charge in [-0.15, -0.1) is 0 Å². The Morgan fingerprint density at radius 2 is 1.70 bits per heavy atom. The van der Waals surface area contributed by atoms with Crippen LogP contribution in [-0.4, -0.2) is 44.7 Å². The Morgan fingerprint density at radius 1 is 0.930 bits per heavy atom. The molecule has 0 saturated carbocycles. The number of fused-ring (bicyclic) bond motifs is 2. The Labute approximate surface area is 248 Å². The predicted octanol–water partition coefficient (Wildman–Crippen LogP) is 4.88. The summed E-state index contributed by atoms with van der Waals surface area (Å²) < 4.78 is 13.1. The number of hydrogen-bond acceptors (Lipinski definition) is 8. The van der Waals surface area contributed by atoms with E-state index < -0.39 is 0 Å². The van der Waals surface area contributed by atoms with E-state index in [9.17, 15) is 15.0 Å². The first-order chi connectivity index (χ1) is 21.1. The van der Waals surface area contributed by atoms with Crippen molar-refractivity contribution in [2.24, 2.45) is 0 Å². The molecular formula is C34H32N4O5. The van der Waals surface area contributed by atoms with Gasteiger partial charge in [-0.2, -0.15) is 9.78 Å². The van der Waals surface area contributed by atoms with Crippen molar-refractivity contribution in [3.8, 4) is 28.4 Å². The SMILES string of the molecule is CCOc1cc2cc(CO)c(CO)c(-c3ccnc(-n4nc(C5=CNCC=C5)c5ccccc5c4=O)c3)c2cc1OCC. The molecule has 9 heteroatoms. The Kier molecular flexibility index (Phi) is 7.91. The van der Waals surface area contributed by atoms with E-state index in [0.29, 0.717) is 63.9 Å². The summed E-state index contributed by atoms with van der Waals surface area (Å²) in [6.07, 6.45) is 7.49. The fraction of sp³-hybridized carbons (Fsp3) is 0.206. The van der Waals surface area contributed by atoms with Crippen LogP contribution < -0.4 is 20.3 Å². The second-order valence-electron chi connectivity index (χ2n) is 10.0. The van der Waals surface area contributed by atoms with Crippen LogP contribution in [0.2, 0.25) is 0 Å². The van der Waals surface area contributed by atoms with Gasteiger partial charge in [0.05, 0.1) is 31.8 Å². The van der Waals surface area contributed by atoms with Crippen molar-refractivity contribution in [2.45, 2.75) is 27.1 Å². The van der Waals surface area contributed by atoms with Crippen LogP contribution in [0.3, 0.4) is 0 Å². The molecule has 0 spiro atoms. The van der Waals surface area contributed by atoms with Crippen LogP contribution in [0, 0.1) is 0 Å². The Balaban J connectivity index is 1.61. The number of aliphatic hydroxyl groups is 2. The van der Waals surface area contributed by atoms with Crippen LogP contribution in [-0.2, 0) is 13.2 Å². The lowest BCUT2D eigenvalue weighted by atomic mass is 9.90. The zero-order chi connectivity index (χ0) is 29.9. The summed E-state index contributed by atoms with van der Waals surface area (Å²) >= 11 is 0. The third kappa shape index (κ3) is 5.13. The molecule has 1 aliphatic heterocycles. The molecule has 0 bridgehead atoms. The lowest BCUT2D eigenvalue weighted by Crippen LogP contribution is -2.24. The molecule has 0 fully saturated rings. The van der Waals surface area contributed by atoms with Crippen molar-refractivity contribution in [2.75, 3.05) is 19.8 Å². The second-order valence-corrected chi connectivity index (χ2v) is 10.0. The summed E-state index contributed by atoms with van der Waals surface area (Å²) in [5.41, 5.74) is 3.76. The van der Waals surface area contributed by atoms with Crippen LogP contribution in [0.1, 0.15) is 30.7 Å². The first-order valence-electron chi connectivity index (χ1n) is 14.3. The van der Waals surface area contributed by atoms with Gasteiger partial charge in [0.25, 0.3) is 5.56 Å². The number of benzene rings is 3. The minimum absolute atomic E-state index is 0.264. The molecule has 218 valence electrons. The average Bonchev–Trinajstić information content (AvgIpc) is 3.05. The van der Waals surface area contributed by atoms with E-state index in [2.05, 4.69) is 10.3 Å². The van der Waals surface area contributed by atoms with E-state index in [0.717, 1.165) is 28.3 Å². The van der Waals surface area contributed by atoms with E-state index in [1.54, 1.807) is 18.3 Å². The highest BCUT2D eigenvalue weighted by atomic mass is 16.5. The number of nitrogens with one attached hydrogen (secondary N) is 1. The molecule has 0 unspecified atom stereocenters. The van der Waals surface area contributed by atoms with Crippen molar-refractivity contribution in [3.05, 3.63) is 106 Å². The molecule has 3 N–H and O–H groups in total. The van der Waals surface area contributed by atoms with Crippen LogP contribution in [0.4, 0.5) is 0 Å². The standard InChI is InChI=1S/C34H32N4O5/c1-3-42-29-15-23-14-24(19-39)28(20-40)32(27(23)17-30(29)43-4-2)21-11-13-36-31(16-21)38-34(41)26-10-6-5-9-25(26)33(37-38)22-8-7-12-35-18-22/h5-11,13-18,35,39-40H,3-4,12,19-20H2,1-2H3. The highest BCUT2D eigenvalue weighted by Crippen LogP contribution is 2.41. The number of ether oxygens (including phenoxy) is 2. The van der Waals surface area contributed by atoms with Crippen LogP contribution in [0.15, 0.2) is 83.9 Å². The number of aromatic nitrogens is 3. The molecule has 6 rings (SSSR count). The number of pyridine rings is 1. The fourth-order valence-electron chi connectivity index (χ4n) is 5.56. The quantitative estimate of drug-likeness (QED) is 0.227. The maximum atomic E-state index is 13.8. The Hall–Kier alpha value is -4.99. The number of rotatable bonds is 9. The summed E-state index contributed by atoms with van der Waals surface area (Å²) in [4.78, 5) is 18.3. The van der Waals surface area contributed by atoms with Gasteiger partial charge >= 0.3 is 0 Å². The monoisotopic (exact) mass is 576 g/mol. The van der Waals surface area contributed by atoms with Gasteiger partial charge in [0.1, 0.15) is 5.69 Å². The first kappa shape index (κ1) is 28.1. The second kappa shape index (κ2) is 12.1. The van der Waals surface area contributed by atoms with Gasteiger partial charge in [0.2, 0.25) is 0 Å². The lowest BCUT2D eigenvalue weighted by Gasteiger charge is -2.19. The van der Waals surface area contributed by atoms with E-state index in [1.165, 1.54) is 4.68 Å². The molecule has 9 nitrogen and oxygen atoms in total. The molecule has 2 aromatic heterocycles. The minimum atomic E-state index is -0.304. The summed E-state index contributed by atoms with van der Waals surface area (Å²) in [5, 5.41) is 31.7. The zero-order valence-electron chi connectivity index (χ0n) is 24.0. The summed E-state index contributed by atoms with van der Waals surface area (Å²) in [6.45, 7) is 4.87. The van der Waals surface area contributed by atoms with Gasteiger partial charge in [0, 0.05) is 29.9 Å². The largest absolute Gasteiger partial charge is 0.490 e. The highest BCUT2D eigenvalue weighted by molar-refractivity contribution is 6.01. The van der Waals surface area contributed by atoms with Gasteiger partial charge in [-0.3, -0.25) is 4.79 Å². The molecule has 0 aliphatic carbocycles. The minimum Gasteiger partial charge on any atom is -0.490 e. The topological polar surface area (TPSA) is 119 Å². The van der Waals surface area contributed by atoms with Gasteiger partial charge in [-0.05, 0) is 83.3 Å². The van der Waals surface area contributed by atoms with Crippen molar-refractivity contribution >= 4 is 27.1 Å². The third-order valence-electron chi connectivity index (χ3n) is 7.45. The van der Waals surface area contributed by atoms with Crippen LogP contribution in [0.5, 0.6) is 11.5 Å². The number of hydrogen-bond donors (Lipinski definition) is 3. The van der Waals surface area contributed by atoms with Crippen LogP contribution >= 0.6 is 0 Å². The molecule has 3 aromatic carbocycles. The molecule has 43 heavy (non-hydrogen) atoms. The normalized spacial score (nSPS) is 12.8. The molecule has 0 radical (unpaired) electrons. The smallest absolute Gasteiger partial charge is 0.280 e. The Morgan fingerprint density at radius 3 is 2.40 bits per heavy atom. The van der Waals surface area contributed by atoms with E-state index in [4.69, 9.17) is 14.6 Å². The zero-order valence-corrected chi connectivity index (χ0v) is 24.0. The maximum absolute atomic E-state index is 13.8. The number of dihydropyridines is 1. The molecule has 1 aliphatic rings. The molecule has 5 aromatic rings. The summed E-state index contributed by atoms with van der Waals surface area (Å²) in [6, 6.07) is 16.6. The van der Waals surface area contributed by atoms with E-state index in [1.807, 2.05) is 74.7 Å². The molecule has 0 saturated heterocycles. The average molecular weight is 577 g/mol. The number of aliphatic hydroxyl groups excluding tert-OH is 2. The molecule has 0 atom stereocenters. The van der Waals surface area contributed by atoms with Gasteiger partial charge in [0.15, 0.2) is 17.3 Å². The lowest BCUT2D eigenvalue weighted by molar-refractivity contribution is 0.260. The summed E-state index contributed by atoms with van der Waals surface area (Å²) in [5.74, 6) is 1.50. The van der Waals surface area contributed by atoms with Gasteiger partial charge in [-0.25, -0.2) is 4.98 Å². The highest BCUT2D eigenvalue weighted by Gasteiger charge is 2.20. The number of allylic oxidation sites excluding steroid dienone is 2. The van der Waals surface area contributed by atoms with Crippen LogP contribution in [0.25, 0.3) is 44.1 Å². The third-order valence-corrected chi connectivity index (χ3v) is 7.45. The maximum Gasteiger partial charge on any atom is 0.280 e. The van der Waals surface area contributed by atoms with E-state index in [-0.39, 0.29) is 18.8 Å². The van der Waals surface area contributed by atoms with Crippen molar-refractivity contribution in [1.82, 2.24) is 20.1 Å².